The molecule has 2 amide bonds. The van der Waals surface area contributed by atoms with E-state index in [-0.39, 0.29) is 17.1 Å². The van der Waals surface area contributed by atoms with E-state index < -0.39 is 16.7 Å². The Kier molecular flexibility index (Phi) is 4.98. The number of methoxy groups -OCH3 is 1. The average Bonchev–Trinajstić information content (AvgIpc) is 2.68. The molecule has 0 atom stereocenters. The number of ether oxygens (including phenoxy) is 1. The Balaban J connectivity index is 1.78. The van der Waals surface area contributed by atoms with Crippen LogP contribution in [0.15, 0.2) is 60.7 Å². The first-order chi connectivity index (χ1) is 13.0. The Hall–Kier alpha value is -3.94. The average molecular weight is 365 g/mol. The lowest BCUT2D eigenvalue weighted by molar-refractivity contribution is -0.384. The molecule has 3 rings (SSSR count). The molecule has 0 aliphatic carbocycles. The summed E-state index contributed by atoms with van der Waals surface area (Å²) in [5, 5.41) is 17.5. The van der Waals surface area contributed by atoms with Crippen molar-refractivity contribution in [3.05, 3.63) is 70.8 Å². The number of nitrogens with one attached hydrogen (secondary N) is 2. The number of amides is 2. The van der Waals surface area contributed by atoms with E-state index in [2.05, 4.69) is 10.6 Å². The fourth-order valence-corrected chi connectivity index (χ4v) is 2.59. The fraction of sp³-hybridized carbons (Fsp3) is 0.0526. The van der Waals surface area contributed by atoms with Crippen molar-refractivity contribution in [1.82, 2.24) is 0 Å². The lowest BCUT2D eigenvalue weighted by Gasteiger charge is -2.11. The third-order valence-corrected chi connectivity index (χ3v) is 3.89. The Morgan fingerprint density at radius 3 is 2.30 bits per heavy atom. The molecule has 0 saturated carbocycles. The molecule has 0 aromatic heterocycles. The van der Waals surface area contributed by atoms with Crippen molar-refractivity contribution >= 4 is 39.6 Å². The molecule has 8 nitrogen and oxygen atoms in total. The van der Waals surface area contributed by atoms with Crippen LogP contribution in [-0.2, 0) is 9.59 Å². The van der Waals surface area contributed by atoms with E-state index in [9.17, 15) is 19.7 Å². The van der Waals surface area contributed by atoms with Crippen LogP contribution in [0.5, 0.6) is 5.75 Å². The molecule has 3 aromatic rings. The second-order valence-electron chi connectivity index (χ2n) is 5.58. The van der Waals surface area contributed by atoms with Crippen molar-refractivity contribution in [2.45, 2.75) is 0 Å². The standard InChI is InChI=1S/C19H15N3O5/c1-27-17-11-13(22(25)26)9-10-16(17)21-19(24)18(23)20-15-8-4-6-12-5-2-3-7-14(12)15/h2-11H,1H3,(H,20,23)(H,21,24). The zero-order chi connectivity index (χ0) is 19.4. The smallest absolute Gasteiger partial charge is 0.314 e. The predicted molar refractivity (Wildman–Crippen MR) is 101 cm³/mol. The van der Waals surface area contributed by atoms with Crippen LogP contribution < -0.4 is 15.4 Å². The number of non-ortho nitro benzene ring substituents is 1. The Labute approximate surface area is 153 Å². The number of carbonyl (C=O) groups excluding carboxylic acids is 2. The van der Waals surface area contributed by atoms with Crippen LogP contribution in [0, 0.1) is 10.1 Å². The maximum atomic E-state index is 12.3. The first-order valence-corrected chi connectivity index (χ1v) is 7.92. The number of fused-ring (bicyclic) bond motifs is 1. The highest BCUT2D eigenvalue weighted by Gasteiger charge is 2.18. The van der Waals surface area contributed by atoms with E-state index in [1.54, 1.807) is 12.1 Å². The van der Waals surface area contributed by atoms with E-state index in [1.807, 2.05) is 30.3 Å². The van der Waals surface area contributed by atoms with Crippen molar-refractivity contribution < 1.29 is 19.2 Å². The summed E-state index contributed by atoms with van der Waals surface area (Å²) >= 11 is 0. The second-order valence-corrected chi connectivity index (χ2v) is 5.58. The summed E-state index contributed by atoms with van der Waals surface area (Å²) in [7, 11) is 1.31. The quantitative estimate of drug-likeness (QED) is 0.418. The number of nitrogens with zero attached hydrogens (tertiary/aromatic N) is 1. The van der Waals surface area contributed by atoms with Gasteiger partial charge in [0.2, 0.25) is 0 Å². The SMILES string of the molecule is COc1cc([N+](=O)[O-])ccc1NC(=O)C(=O)Nc1cccc2ccccc12. The Bertz CT molecular complexity index is 1040. The van der Waals surface area contributed by atoms with Crippen molar-refractivity contribution in [2.24, 2.45) is 0 Å². The van der Waals surface area contributed by atoms with Gasteiger partial charge in [0.1, 0.15) is 5.75 Å². The van der Waals surface area contributed by atoms with Crippen molar-refractivity contribution in [2.75, 3.05) is 17.7 Å². The van der Waals surface area contributed by atoms with E-state index in [0.717, 1.165) is 16.8 Å². The minimum atomic E-state index is -0.921. The molecule has 2 N–H and O–H groups in total. The highest BCUT2D eigenvalue weighted by molar-refractivity contribution is 6.44. The summed E-state index contributed by atoms with van der Waals surface area (Å²) in [6, 6.07) is 16.5. The lowest BCUT2D eigenvalue weighted by Crippen LogP contribution is -2.29. The zero-order valence-electron chi connectivity index (χ0n) is 14.3. The molecule has 0 unspecified atom stereocenters. The van der Waals surface area contributed by atoms with Crippen LogP contribution in [0.1, 0.15) is 0 Å². The van der Waals surface area contributed by atoms with Crippen LogP contribution in [0.2, 0.25) is 0 Å². The Morgan fingerprint density at radius 2 is 1.59 bits per heavy atom. The van der Waals surface area contributed by atoms with Crippen molar-refractivity contribution in [3.8, 4) is 5.75 Å². The van der Waals surface area contributed by atoms with Gasteiger partial charge in [-0.3, -0.25) is 19.7 Å². The number of nitro benzene ring substituents is 1. The third-order valence-electron chi connectivity index (χ3n) is 3.89. The van der Waals surface area contributed by atoms with Crippen LogP contribution in [-0.4, -0.2) is 23.8 Å². The molecule has 0 aliphatic heterocycles. The van der Waals surface area contributed by atoms with Gasteiger partial charge in [-0.25, -0.2) is 0 Å². The fourth-order valence-electron chi connectivity index (χ4n) is 2.59. The lowest BCUT2D eigenvalue weighted by atomic mass is 10.1. The molecular weight excluding hydrogens is 350 g/mol. The monoisotopic (exact) mass is 365 g/mol. The second kappa shape index (κ2) is 7.52. The van der Waals surface area contributed by atoms with Gasteiger partial charge >= 0.3 is 11.8 Å². The first-order valence-electron chi connectivity index (χ1n) is 7.92. The van der Waals surface area contributed by atoms with Gasteiger partial charge in [-0.15, -0.1) is 0 Å². The Morgan fingerprint density at radius 1 is 0.926 bits per heavy atom. The summed E-state index contributed by atoms with van der Waals surface area (Å²) in [5.74, 6) is -1.71. The molecule has 0 aliphatic rings. The predicted octanol–water partition coefficient (Wildman–Crippen LogP) is 3.33. The molecule has 0 spiro atoms. The van der Waals surface area contributed by atoms with Crippen LogP contribution in [0.3, 0.4) is 0 Å². The summed E-state index contributed by atoms with van der Waals surface area (Å²) in [4.78, 5) is 34.7. The number of nitro groups is 1. The van der Waals surface area contributed by atoms with Crippen LogP contribution in [0.4, 0.5) is 17.1 Å². The highest BCUT2D eigenvalue weighted by atomic mass is 16.6. The number of anilines is 2. The first kappa shape index (κ1) is 17.9. The highest BCUT2D eigenvalue weighted by Crippen LogP contribution is 2.29. The number of benzene rings is 3. The normalized spacial score (nSPS) is 10.3. The van der Waals surface area contributed by atoms with Crippen molar-refractivity contribution in [3.63, 3.8) is 0 Å². The largest absolute Gasteiger partial charge is 0.494 e. The molecule has 136 valence electrons. The van der Waals surface area contributed by atoms with Gasteiger partial charge in [0, 0.05) is 17.1 Å². The van der Waals surface area contributed by atoms with Gasteiger partial charge in [-0.1, -0.05) is 36.4 Å². The molecule has 0 radical (unpaired) electrons. The molecule has 8 heteroatoms. The molecule has 27 heavy (non-hydrogen) atoms. The summed E-state index contributed by atoms with van der Waals surface area (Å²) in [6.45, 7) is 0. The number of hydrogen-bond donors (Lipinski definition) is 2. The number of carbonyl (C=O) groups is 2. The van der Waals surface area contributed by atoms with Gasteiger partial charge in [0.05, 0.1) is 23.8 Å². The van der Waals surface area contributed by atoms with Gasteiger partial charge < -0.3 is 15.4 Å². The van der Waals surface area contributed by atoms with E-state index in [1.165, 1.54) is 19.2 Å². The summed E-state index contributed by atoms with van der Waals surface area (Å²) in [5.41, 5.74) is 0.468. The van der Waals surface area contributed by atoms with Crippen LogP contribution in [0.25, 0.3) is 10.8 Å². The summed E-state index contributed by atoms with van der Waals surface area (Å²) < 4.78 is 5.04. The molecule has 3 aromatic carbocycles. The number of rotatable bonds is 4. The maximum Gasteiger partial charge on any atom is 0.314 e. The number of hydrogen-bond acceptors (Lipinski definition) is 5. The topological polar surface area (TPSA) is 111 Å². The summed E-state index contributed by atoms with van der Waals surface area (Å²) in [6.07, 6.45) is 0. The molecule has 0 bridgehead atoms. The molecule has 0 heterocycles. The van der Waals surface area contributed by atoms with Gasteiger partial charge in [0.25, 0.3) is 5.69 Å². The zero-order valence-corrected chi connectivity index (χ0v) is 14.3. The van der Waals surface area contributed by atoms with Gasteiger partial charge in [-0.05, 0) is 17.5 Å². The van der Waals surface area contributed by atoms with Crippen molar-refractivity contribution in [1.29, 1.82) is 0 Å². The van der Waals surface area contributed by atoms with Gasteiger partial charge in [-0.2, -0.15) is 0 Å². The van der Waals surface area contributed by atoms with E-state index >= 15 is 0 Å². The van der Waals surface area contributed by atoms with Gasteiger partial charge in [0.15, 0.2) is 0 Å². The minimum absolute atomic E-state index is 0.0792. The molecule has 0 saturated heterocycles. The molecular formula is C19H15N3O5. The minimum Gasteiger partial charge on any atom is -0.494 e. The maximum absolute atomic E-state index is 12.3. The molecule has 0 fully saturated rings. The van der Waals surface area contributed by atoms with Crippen LogP contribution >= 0.6 is 0 Å². The van der Waals surface area contributed by atoms with E-state index in [4.69, 9.17) is 4.74 Å². The van der Waals surface area contributed by atoms with E-state index in [0.29, 0.717) is 5.69 Å². The third kappa shape index (κ3) is 3.84.